The molecule has 1 fully saturated rings. The summed E-state index contributed by atoms with van der Waals surface area (Å²) >= 11 is 0. The maximum atomic E-state index is 11.5. The molecule has 0 aliphatic heterocycles. The van der Waals surface area contributed by atoms with Crippen molar-refractivity contribution in [3.8, 4) is 0 Å². The lowest BCUT2D eigenvalue weighted by Crippen LogP contribution is -2.33. The number of carbonyl (C=O) groups is 2. The van der Waals surface area contributed by atoms with Crippen LogP contribution in [0.5, 0.6) is 0 Å². The summed E-state index contributed by atoms with van der Waals surface area (Å²) < 4.78 is 10.3. The molecule has 0 N–H and O–H groups in total. The van der Waals surface area contributed by atoms with E-state index in [0.717, 1.165) is 12.8 Å². The van der Waals surface area contributed by atoms with E-state index in [1.165, 1.54) is 6.92 Å². The fourth-order valence-electron chi connectivity index (χ4n) is 2.56. The van der Waals surface area contributed by atoms with E-state index in [-0.39, 0.29) is 29.4 Å². The minimum Gasteiger partial charge on any atom is -0.466 e. The Balaban J connectivity index is 2.59. The van der Waals surface area contributed by atoms with Gasteiger partial charge in [0.25, 0.3) is 0 Å². The van der Waals surface area contributed by atoms with E-state index in [1.54, 1.807) is 6.92 Å². The number of rotatable bonds is 4. The first-order valence-corrected chi connectivity index (χ1v) is 6.20. The van der Waals surface area contributed by atoms with Crippen LogP contribution in [0.15, 0.2) is 0 Å². The first kappa shape index (κ1) is 14.0. The molecule has 0 aromatic heterocycles. The first-order valence-electron chi connectivity index (χ1n) is 6.20. The molecule has 2 atom stereocenters. The van der Waals surface area contributed by atoms with Crippen LogP contribution in [-0.2, 0) is 19.1 Å². The van der Waals surface area contributed by atoms with Gasteiger partial charge in [-0.1, -0.05) is 13.8 Å². The van der Waals surface area contributed by atoms with Gasteiger partial charge in [-0.3, -0.25) is 9.59 Å². The number of hydrogen-bond donors (Lipinski definition) is 0. The summed E-state index contributed by atoms with van der Waals surface area (Å²) in [7, 11) is 0. The lowest BCUT2D eigenvalue weighted by molar-refractivity contribution is -0.152. The van der Waals surface area contributed by atoms with Gasteiger partial charge in [0.1, 0.15) is 6.10 Å². The van der Waals surface area contributed by atoms with Crippen LogP contribution in [0.25, 0.3) is 0 Å². The van der Waals surface area contributed by atoms with Crippen molar-refractivity contribution in [2.45, 2.75) is 53.1 Å². The molecular formula is C13H22O4. The van der Waals surface area contributed by atoms with Gasteiger partial charge in [-0.05, 0) is 25.7 Å². The zero-order chi connectivity index (χ0) is 13.1. The third kappa shape index (κ3) is 3.45. The molecule has 1 rings (SSSR count). The molecule has 4 heteroatoms. The van der Waals surface area contributed by atoms with Crippen LogP contribution in [-0.4, -0.2) is 24.6 Å². The standard InChI is InChI=1S/C13H22O4/c1-5-16-12(15)8-10-6-7-11(13(10,3)4)17-9(2)14/h10-11H,5-8H2,1-4H3. The molecule has 0 radical (unpaired) electrons. The Morgan fingerprint density at radius 1 is 1.29 bits per heavy atom. The molecule has 0 saturated heterocycles. The molecule has 0 heterocycles. The average Bonchev–Trinajstić information content (AvgIpc) is 2.45. The van der Waals surface area contributed by atoms with Crippen molar-refractivity contribution in [1.29, 1.82) is 0 Å². The van der Waals surface area contributed by atoms with E-state index in [2.05, 4.69) is 13.8 Å². The van der Waals surface area contributed by atoms with Gasteiger partial charge in [0.05, 0.1) is 6.61 Å². The Hall–Kier alpha value is -1.06. The zero-order valence-corrected chi connectivity index (χ0v) is 11.1. The normalized spacial score (nSPS) is 26.6. The van der Waals surface area contributed by atoms with Crippen molar-refractivity contribution >= 4 is 11.9 Å². The summed E-state index contributed by atoms with van der Waals surface area (Å²) in [6, 6.07) is 0. The smallest absolute Gasteiger partial charge is 0.306 e. The summed E-state index contributed by atoms with van der Waals surface area (Å²) in [6.07, 6.45) is 2.07. The molecule has 17 heavy (non-hydrogen) atoms. The molecule has 1 aliphatic rings. The Kier molecular flexibility index (Phi) is 4.54. The van der Waals surface area contributed by atoms with Gasteiger partial charge in [0.15, 0.2) is 0 Å². The Morgan fingerprint density at radius 2 is 1.94 bits per heavy atom. The Morgan fingerprint density at radius 3 is 2.47 bits per heavy atom. The number of carbonyl (C=O) groups excluding carboxylic acids is 2. The van der Waals surface area contributed by atoms with Crippen LogP contribution in [0.4, 0.5) is 0 Å². The lowest BCUT2D eigenvalue weighted by atomic mass is 9.78. The average molecular weight is 242 g/mol. The van der Waals surface area contributed by atoms with Gasteiger partial charge in [0.2, 0.25) is 0 Å². The van der Waals surface area contributed by atoms with Crippen LogP contribution in [0.2, 0.25) is 0 Å². The largest absolute Gasteiger partial charge is 0.466 e. The minimum absolute atomic E-state index is 0.0839. The van der Waals surface area contributed by atoms with Crippen LogP contribution < -0.4 is 0 Å². The molecule has 0 bridgehead atoms. The zero-order valence-electron chi connectivity index (χ0n) is 11.1. The Labute approximate surface area is 103 Å². The third-order valence-electron chi connectivity index (χ3n) is 3.69. The summed E-state index contributed by atoms with van der Waals surface area (Å²) in [5.41, 5.74) is -0.154. The van der Waals surface area contributed by atoms with Gasteiger partial charge in [-0.15, -0.1) is 0 Å². The summed E-state index contributed by atoms with van der Waals surface area (Å²) in [5, 5.41) is 0. The predicted molar refractivity (Wildman–Crippen MR) is 63.3 cm³/mol. The van der Waals surface area contributed by atoms with Crippen molar-refractivity contribution in [3.05, 3.63) is 0 Å². The van der Waals surface area contributed by atoms with Gasteiger partial charge in [0, 0.05) is 18.8 Å². The molecule has 1 aliphatic carbocycles. The van der Waals surface area contributed by atoms with Crippen molar-refractivity contribution in [2.75, 3.05) is 6.61 Å². The number of hydrogen-bond acceptors (Lipinski definition) is 4. The number of esters is 2. The van der Waals surface area contributed by atoms with E-state index in [0.29, 0.717) is 13.0 Å². The van der Waals surface area contributed by atoms with E-state index in [4.69, 9.17) is 9.47 Å². The molecule has 0 aromatic carbocycles. The Bertz CT molecular complexity index is 296. The third-order valence-corrected chi connectivity index (χ3v) is 3.69. The highest BCUT2D eigenvalue weighted by molar-refractivity contribution is 5.70. The summed E-state index contributed by atoms with van der Waals surface area (Å²) in [6.45, 7) is 7.75. The van der Waals surface area contributed by atoms with Gasteiger partial charge < -0.3 is 9.47 Å². The van der Waals surface area contributed by atoms with E-state index in [9.17, 15) is 9.59 Å². The molecule has 2 unspecified atom stereocenters. The second kappa shape index (κ2) is 5.52. The van der Waals surface area contributed by atoms with Crippen molar-refractivity contribution in [2.24, 2.45) is 11.3 Å². The second-order valence-corrected chi connectivity index (χ2v) is 5.20. The second-order valence-electron chi connectivity index (χ2n) is 5.20. The highest BCUT2D eigenvalue weighted by Crippen LogP contribution is 2.46. The topological polar surface area (TPSA) is 52.6 Å². The predicted octanol–water partition coefficient (Wildman–Crippen LogP) is 2.31. The van der Waals surface area contributed by atoms with E-state index < -0.39 is 0 Å². The fraction of sp³-hybridized carbons (Fsp3) is 0.846. The molecule has 1 saturated carbocycles. The van der Waals surface area contributed by atoms with Crippen molar-refractivity contribution in [1.82, 2.24) is 0 Å². The first-order chi connectivity index (χ1) is 7.87. The molecule has 98 valence electrons. The minimum atomic E-state index is -0.250. The summed E-state index contributed by atoms with van der Waals surface area (Å²) in [4.78, 5) is 22.5. The van der Waals surface area contributed by atoms with Crippen LogP contribution in [0.3, 0.4) is 0 Å². The summed E-state index contributed by atoms with van der Waals surface area (Å²) in [5.74, 6) is -0.181. The van der Waals surface area contributed by atoms with Crippen molar-refractivity contribution < 1.29 is 19.1 Å². The van der Waals surface area contributed by atoms with Crippen LogP contribution in [0, 0.1) is 11.3 Å². The lowest BCUT2D eigenvalue weighted by Gasteiger charge is -2.31. The maximum Gasteiger partial charge on any atom is 0.306 e. The molecule has 0 amide bonds. The SMILES string of the molecule is CCOC(=O)CC1CCC(OC(C)=O)C1(C)C. The number of ether oxygens (including phenoxy) is 2. The molecule has 0 spiro atoms. The maximum absolute atomic E-state index is 11.5. The molecule has 0 aromatic rings. The van der Waals surface area contributed by atoms with Gasteiger partial charge >= 0.3 is 11.9 Å². The van der Waals surface area contributed by atoms with Gasteiger partial charge in [-0.25, -0.2) is 0 Å². The van der Waals surface area contributed by atoms with Crippen LogP contribution in [0.1, 0.15) is 47.0 Å². The highest BCUT2D eigenvalue weighted by atomic mass is 16.5. The van der Waals surface area contributed by atoms with Gasteiger partial charge in [-0.2, -0.15) is 0 Å². The van der Waals surface area contributed by atoms with Crippen LogP contribution >= 0.6 is 0 Å². The monoisotopic (exact) mass is 242 g/mol. The molecular weight excluding hydrogens is 220 g/mol. The highest BCUT2D eigenvalue weighted by Gasteiger charge is 2.45. The van der Waals surface area contributed by atoms with Crippen molar-refractivity contribution in [3.63, 3.8) is 0 Å². The van der Waals surface area contributed by atoms with E-state index in [1.807, 2.05) is 0 Å². The van der Waals surface area contributed by atoms with E-state index >= 15 is 0 Å². The quantitative estimate of drug-likeness (QED) is 0.710. The molecule has 4 nitrogen and oxygen atoms in total. The fourth-order valence-corrected chi connectivity index (χ4v) is 2.56.